The molecule has 1 heterocycles. The van der Waals surface area contributed by atoms with Crippen molar-refractivity contribution < 1.29 is 0 Å². The molecule has 1 atom stereocenters. The summed E-state index contributed by atoms with van der Waals surface area (Å²) in [7, 11) is 2.07. The predicted octanol–water partition coefficient (Wildman–Crippen LogP) is 2.88. The molecule has 1 aromatic rings. The second kappa shape index (κ2) is 6.57. The zero-order valence-electron chi connectivity index (χ0n) is 12.3. The van der Waals surface area contributed by atoms with Crippen molar-refractivity contribution in [1.29, 1.82) is 0 Å². The Morgan fingerprint density at radius 3 is 2.50 bits per heavy atom. The summed E-state index contributed by atoms with van der Waals surface area (Å²) in [5.74, 6) is 3.01. The first-order chi connectivity index (χ1) is 8.43. The van der Waals surface area contributed by atoms with Crippen molar-refractivity contribution in [2.24, 2.45) is 5.92 Å². The highest BCUT2D eigenvalue weighted by Gasteiger charge is 2.14. The van der Waals surface area contributed by atoms with Crippen LogP contribution in [-0.2, 0) is 6.42 Å². The lowest BCUT2D eigenvalue weighted by molar-refractivity contribution is 0.501. The molecule has 0 saturated heterocycles. The molecule has 2 N–H and O–H groups in total. The van der Waals surface area contributed by atoms with Crippen LogP contribution in [-0.4, -0.2) is 23.1 Å². The van der Waals surface area contributed by atoms with Crippen LogP contribution in [0.1, 0.15) is 46.4 Å². The van der Waals surface area contributed by atoms with E-state index in [9.17, 15) is 0 Å². The molecule has 1 rings (SSSR count). The van der Waals surface area contributed by atoms with Crippen LogP contribution in [0.5, 0.6) is 0 Å². The van der Waals surface area contributed by atoms with E-state index in [1.54, 1.807) is 0 Å². The molecule has 1 unspecified atom stereocenters. The average molecular weight is 250 g/mol. The zero-order chi connectivity index (χ0) is 13.7. The van der Waals surface area contributed by atoms with E-state index in [0.717, 1.165) is 30.9 Å². The fraction of sp³-hybridized carbons (Fsp3) is 0.714. The Morgan fingerprint density at radius 1 is 1.28 bits per heavy atom. The summed E-state index contributed by atoms with van der Waals surface area (Å²) in [5, 5.41) is 0. The molecule has 0 aliphatic carbocycles. The van der Waals surface area contributed by atoms with E-state index in [0.29, 0.717) is 17.8 Å². The quantitative estimate of drug-likeness (QED) is 0.843. The van der Waals surface area contributed by atoms with Gasteiger partial charge in [-0.3, -0.25) is 0 Å². The Hall–Kier alpha value is -1.32. The molecule has 102 valence electrons. The van der Waals surface area contributed by atoms with E-state index in [-0.39, 0.29) is 0 Å². The van der Waals surface area contributed by atoms with Gasteiger partial charge in [0.05, 0.1) is 0 Å². The second-order valence-electron chi connectivity index (χ2n) is 5.41. The van der Waals surface area contributed by atoms with Gasteiger partial charge < -0.3 is 10.6 Å². The number of nitrogen functional groups attached to an aromatic ring is 1. The molecule has 0 saturated carbocycles. The van der Waals surface area contributed by atoms with E-state index in [4.69, 9.17) is 5.73 Å². The van der Waals surface area contributed by atoms with Crippen LogP contribution in [0.3, 0.4) is 0 Å². The number of aromatic nitrogens is 2. The van der Waals surface area contributed by atoms with Gasteiger partial charge in [-0.25, -0.2) is 9.97 Å². The van der Waals surface area contributed by atoms with E-state index >= 15 is 0 Å². The minimum Gasteiger partial charge on any atom is -0.384 e. The Labute approximate surface area is 111 Å². The first kappa shape index (κ1) is 14.7. The van der Waals surface area contributed by atoms with Gasteiger partial charge in [-0.2, -0.15) is 0 Å². The van der Waals surface area contributed by atoms with Gasteiger partial charge in [0.15, 0.2) is 0 Å². The molecule has 0 radical (unpaired) electrons. The first-order valence-electron chi connectivity index (χ1n) is 6.80. The number of nitrogens with two attached hydrogens (primary N) is 1. The fourth-order valence-electron chi connectivity index (χ4n) is 2.09. The summed E-state index contributed by atoms with van der Waals surface area (Å²) in [6, 6.07) is 2.31. The SMILES string of the molecule is CCCc1nc(N)cc(N(C)C(C)CC(C)C)n1. The summed E-state index contributed by atoms with van der Waals surface area (Å²) in [5.41, 5.74) is 5.85. The van der Waals surface area contributed by atoms with Gasteiger partial charge in [0, 0.05) is 25.6 Å². The Balaban J connectivity index is 2.87. The topological polar surface area (TPSA) is 55.0 Å². The highest BCUT2D eigenvalue weighted by Crippen LogP contribution is 2.19. The monoisotopic (exact) mass is 250 g/mol. The molecule has 0 spiro atoms. The van der Waals surface area contributed by atoms with E-state index in [1.165, 1.54) is 0 Å². The standard InChI is InChI=1S/C14H26N4/c1-6-7-13-16-12(15)9-14(17-13)18(5)11(4)8-10(2)3/h9-11H,6-8H2,1-5H3,(H2,15,16,17). The molecule has 0 aliphatic heterocycles. The summed E-state index contributed by atoms with van der Waals surface area (Å²) in [4.78, 5) is 11.0. The van der Waals surface area contributed by atoms with Crippen LogP contribution in [0.2, 0.25) is 0 Å². The predicted molar refractivity (Wildman–Crippen MR) is 77.8 cm³/mol. The fourth-order valence-corrected chi connectivity index (χ4v) is 2.09. The summed E-state index contributed by atoms with van der Waals surface area (Å²) >= 11 is 0. The smallest absolute Gasteiger partial charge is 0.134 e. The molecule has 4 heteroatoms. The number of rotatable bonds is 6. The number of nitrogens with zero attached hydrogens (tertiary/aromatic N) is 3. The molecule has 18 heavy (non-hydrogen) atoms. The van der Waals surface area contributed by atoms with Gasteiger partial charge in [-0.15, -0.1) is 0 Å². The van der Waals surface area contributed by atoms with Gasteiger partial charge in [0.25, 0.3) is 0 Å². The van der Waals surface area contributed by atoms with Crippen molar-refractivity contribution in [2.45, 2.75) is 53.0 Å². The van der Waals surface area contributed by atoms with Crippen molar-refractivity contribution in [2.75, 3.05) is 17.7 Å². The van der Waals surface area contributed by atoms with Gasteiger partial charge in [0.2, 0.25) is 0 Å². The third-order valence-electron chi connectivity index (χ3n) is 3.09. The summed E-state index contributed by atoms with van der Waals surface area (Å²) in [6.07, 6.45) is 3.06. The van der Waals surface area contributed by atoms with E-state index in [1.807, 2.05) is 6.07 Å². The number of hydrogen-bond donors (Lipinski definition) is 1. The second-order valence-corrected chi connectivity index (χ2v) is 5.41. The summed E-state index contributed by atoms with van der Waals surface area (Å²) < 4.78 is 0. The lowest BCUT2D eigenvalue weighted by atomic mass is 10.0. The Morgan fingerprint density at radius 2 is 1.94 bits per heavy atom. The van der Waals surface area contributed by atoms with Crippen LogP contribution in [0, 0.1) is 5.92 Å². The highest BCUT2D eigenvalue weighted by atomic mass is 15.2. The highest BCUT2D eigenvalue weighted by molar-refractivity contribution is 5.47. The number of hydrogen-bond acceptors (Lipinski definition) is 4. The molecular weight excluding hydrogens is 224 g/mol. The molecular formula is C14H26N4. The maximum absolute atomic E-state index is 5.85. The van der Waals surface area contributed by atoms with E-state index in [2.05, 4.69) is 49.6 Å². The van der Waals surface area contributed by atoms with Crippen LogP contribution >= 0.6 is 0 Å². The van der Waals surface area contributed by atoms with Crippen molar-refractivity contribution in [1.82, 2.24) is 9.97 Å². The maximum atomic E-state index is 5.85. The van der Waals surface area contributed by atoms with Crippen LogP contribution < -0.4 is 10.6 Å². The van der Waals surface area contributed by atoms with Crippen molar-refractivity contribution in [3.8, 4) is 0 Å². The largest absolute Gasteiger partial charge is 0.384 e. The zero-order valence-corrected chi connectivity index (χ0v) is 12.3. The van der Waals surface area contributed by atoms with Crippen LogP contribution in [0.25, 0.3) is 0 Å². The third kappa shape index (κ3) is 4.17. The van der Waals surface area contributed by atoms with Gasteiger partial charge in [-0.1, -0.05) is 20.8 Å². The molecule has 0 aromatic carbocycles. The minimum atomic E-state index is 0.453. The maximum Gasteiger partial charge on any atom is 0.134 e. The molecule has 4 nitrogen and oxygen atoms in total. The molecule has 0 amide bonds. The number of aryl methyl sites for hydroxylation is 1. The lowest BCUT2D eigenvalue weighted by Crippen LogP contribution is -2.31. The Bertz CT molecular complexity index is 376. The number of anilines is 2. The lowest BCUT2D eigenvalue weighted by Gasteiger charge is -2.27. The van der Waals surface area contributed by atoms with Crippen LogP contribution in [0.15, 0.2) is 6.07 Å². The van der Waals surface area contributed by atoms with Crippen molar-refractivity contribution in [3.05, 3.63) is 11.9 Å². The van der Waals surface area contributed by atoms with Gasteiger partial charge in [-0.05, 0) is 25.7 Å². The Kier molecular flexibility index (Phi) is 5.38. The van der Waals surface area contributed by atoms with Crippen LogP contribution in [0.4, 0.5) is 11.6 Å². The average Bonchev–Trinajstić information content (AvgIpc) is 2.26. The molecule has 0 aliphatic rings. The minimum absolute atomic E-state index is 0.453. The summed E-state index contributed by atoms with van der Waals surface area (Å²) in [6.45, 7) is 8.82. The van der Waals surface area contributed by atoms with Gasteiger partial charge >= 0.3 is 0 Å². The molecule has 0 fully saturated rings. The normalized spacial score (nSPS) is 12.8. The molecule has 0 bridgehead atoms. The van der Waals surface area contributed by atoms with Crippen molar-refractivity contribution in [3.63, 3.8) is 0 Å². The third-order valence-corrected chi connectivity index (χ3v) is 3.09. The van der Waals surface area contributed by atoms with Crippen molar-refractivity contribution >= 4 is 11.6 Å². The molecule has 1 aromatic heterocycles. The van der Waals surface area contributed by atoms with Gasteiger partial charge in [0.1, 0.15) is 17.5 Å². The first-order valence-corrected chi connectivity index (χ1v) is 6.80. The van der Waals surface area contributed by atoms with E-state index < -0.39 is 0 Å².